The van der Waals surface area contributed by atoms with Gasteiger partial charge < -0.3 is 0 Å². The number of carbonyl (C=O) groups excluding carboxylic acids is 1. The highest BCUT2D eigenvalue weighted by Crippen LogP contribution is 2.31. The van der Waals surface area contributed by atoms with Crippen LogP contribution in [0, 0.1) is 0 Å². The van der Waals surface area contributed by atoms with Crippen molar-refractivity contribution in [2.24, 2.45) is 0 Å². The minimum Gasteiger partial charge on any atom is -0.293 e. The maximum Gasteiger partial charge on any atom is 0.175 e. The smallest absolute Gasteiger partial charge is 0.175 e. The van der Waals surface area contributed by atoms with Crippen LogP contribution in [0.25, 0.3) is 0 Å². The lowest BCUT2D eigenvalue weighted by molar-refractivity contribution is 0.0994. The molecule has 2 rings (SSSR count). The van der Waals surface area contributed by atoms with E-state index < -0.39 is 0 Å². The standard InChI is InChI=1S/C15H11BrCl2OS/c1-9(15(19)10-2-4-11(16)5-3-10)20-12-6-7-13(17)14(18)8-12/h2-9H,1H3. The summed E-state index contributed by atoms with van der Waals surface area (Å²) in [4.78, 5) is 13.2. The zero-order valence-electron chi connectivity index (χ0n) is 10.6. The fourth-order valence-electron chi connectivity index (χ4n) is 1.66. The van der Waals surface area contributed by atoms with Crippen LogP contribution in [0.4, 0.5) is 0 Å². The third-order valence-corrected chi connectivity index (χ3v) is 5.06. The van der Waals surface area contributed by atoms with Crippen LogP contribution in [-0.4, -0.2) is 11.0 Å². The van der Waals surface area contributed by atoms with Crippen molar-refractivity contribution in [3.05, 3.63) is 62.5 Å². The van der Waals surface area contributed by atoms with Gasteiger partial charge in [0.15, 0.2) is 5.78 Å². The van der Waals surface area contributed by atoms with Gasteiger partial charge in [-0.25, -0.2) is 0 Å². The predicted octanol–water partition coefficient (Wildman–Crippen LogP) is 6.12. The Morgan fingerprint density at radius 2 is 1.75 bits per heavy atom. The molecule has 0 amide bonds. The second kappa shape index (κ2) is 6.99. The number of ketones is 1. The molecule has 1 atom stereocenters. The van der Waals surface area contributed by atoms with E-state index in [2.05, 4.69) is 15.9 Å². The van der Waals surface area contributed by atoms with Crippen LogP contribution in [0.1, 0.15) is 17.3 Å². The number of halogens is 3. The average molecular weight is 390 g/mol. The maximum absolute atomic E-state index is 12.3. The van der Waals surface area contributed by atoms with Crippen LogP contribution in [-0.2, 0) is 0 Å². The van der Waals surface area contributed by atoms with Gasteiger partial charge >= 0.3 is 0 Å². The summed E-state index contributed by atoms with van der Waals surface area (Å²) in [5.74, 6) is 0.0913. The minimum absolute atomic E-state index is 0.0913. The van der Waals surface area contributed by atoms with Crippen molar-refractivity contribution in [1.29, 1.82) is 0 Å². The Morgan fingerprint density at radius 1 is 1.10 bits per heavy atom. The first kappa shape index (κ1) is 15.9. The molecule has 1 nitrogen and oxygen atoms in total. The Balaban J connectivity index is 2.11. The van der Waals surface area contributed by atoms with Crippen LogP contribution in [0.15, 0.2) is 51.8 Å². The van der Waals surface area contributed by atoms with E-state index in [-0.39, 0.29) is 11.0 Å². The molecular formula is C15H11BrCl2OS. The number of thioether (sulfide) groups is 1. The Hall–Kier alpha value is -0.480. The second-order valence-corrected chi connectivity index (χ2v) is 7.35. The molecule has 0 N–H and O–H groups in total. The first-order chi connectivity index (χ1) is 9.47. The van der Waals surface area contributed by atoms with Crippen molar-refractivity contribution < 1.29 is 4.79 Å². The lowest BCUT2D eigenvalue weighted by Gasteiger charge is -2.11. The van der Waals surface area contributed by atoms with Crippen molar-refractivity contribution in [1.82, 2.24) is 0 Å². The van der Waals surface area contributed by atoms with Gasteiger partial charge in [0.25, 0.3) is 0 Å². The summed E-state index contributed by atoms with van der Waals surface area (Å²) in [5.41, 5.74) is 0.702. The Bertz CT molecular complexity index is 628. The van der Waals surface area contributed by atoms with E-state index >= 15 is 0 Å². The summed E-state index contributed by atoms with van der Waals surface area (Å²) in [5, 5.41) is 0.830. The van der Waals surface area contributed by atoms with E-state index in [0.717, 1.165) is 9.37 Å². The molecular weight excluding hydrogens is 379 g/mol. The monoisotopic (exact) mass is 388 g/mol. The topological polar surface area (TPSA) is 17.1 Å². The molecule has 0 fully saturated rings. The second-order valence-electron chi connectivity index (χ2n) is 4.21. The summed E-state index contributed by atoms with van der Waals surface area (Å²) in [6.45, 7) is 1.89. The van der Waals surface area contributed by atoms with Crippen molar-refractivity contribution in [2.45, 2.75) is 17.1 Å². The molecule has 0 aromatic heterocycles. The first-order valence-electron chi connectivity index (χ1n) is 5.89. The molecule has 2 aromatic rings. The zero-order valence-corrected chi connectivity index (χ0v) is 14.5. The van der Waals surface area contributed by atoms with E-state index in [1.807, 2.05) is 37.3 Å². The Kier molecular flexibility index (Phi) is 5.56. The molecule has 20 heavy (non-hydrogen) atoms. The lowest BCUT2D eigenvalue weighted by atomic mass is 10.1. The van der Waals surface area contributed by atoms with Gasteiger partial charge in [-0.3, -0.25) is 4.79 Å². The summed E-state index contributed by atoms with van der Waals surface area (Å²) < 4.78 is 0.957. The third kappa shape index (κ3) is 4.01. The predicted molar refractivity (Wildman–Crippen MR) is 90.3 cm³/mol. The van der Waals surface area contributed by atoms with Crippen molar-refractivity contribution in [3.63, 3.8) is 0 Å². The van der Waals surface area contributed by atoms with Crippen LogP contribution in [0.5, 0.6) is 0 Å². The number of carbonyl (C=O) groups is 1. The Morgan fingerprint density at radius 3 is 2.35 bits per heavy atom. The molecule has 0 aliphatic heterocycles. The molecule has 104 valence electrons. The molecule has 2 aromatic carbocycles. The number of benzene rings is 2. The van der Waals surface area contributed by atoms with Gasteiger partial charge in [0, 0.05) is 14.9 Å². The Labute approximate surface area is 140 Å². The van der Waals surface area contributed by atoms with Crippen LogP contribution in [0.3, 0.4) is 0 Å². The van der Waals surface area contributed by atoms with Crippen LogP contribution in [0.2, 0.25) is 10.0 Å². The summed E-state index contributed by atoms with van der Waals surface area (Å²) >= 11 is 16.7. The van der Waals surface area contributed by atoms with Gasteiger partial charge in [0.05, 0.1) is 15.3 Å². The average Bonchev–Trinajstić information content (AvgIpc) is 2.43. The maximum atomic E-state index is 12.3. The molecule has 0 aliphatic carbocycles. The third-order valence-electron chi connectivity index (χ3n) is 2.70. The van der Waals surface area contributed by atoms with Gasteiger partial charge in [0.1, 0.15) is 0 Å². The van der Waals surface area contributed by atoms with Gasteiger partial charge in [0.2, 0.25) is 0 Å². The summed E-state index contributed by atoms with van der Waals surface area (Å²) in [6.07, 6.45) is 0. The number of hydrogen-bond acceptors (Lipinski definition) is 2. The molecule has 0 radical (unpaired) electrons. The minimum atomic E-state index is -0.187. The SMILES string of the molecule is CC(Sc1ccc(Cl)c(Cl)c1)C(=O)c1ccc(Br)cc1. The van der Waals surface area contributed by atoms with Gasteiger partial charge in [-0.2, -0.15) is 0 Å². The van der Waals surface area contributed by atoms with Gasteiger partial charge in [-0.15, -0.1) is 11.8 Å². The molecule has 0 spiro atoms. The summed E-state index contributed by atoms with van der Waals surface area (Å²) in [7, 11) is 0. The van der Waals surface area contributed by atoms with Crippen molar-refractivity contribution in [2.75, 3.05) is 0 Å². The number of hydrogen-bond donors (Lipinski definition) is 0. The largest absolute Gasteiger partial charge is 0.293 e. The highest BCUT2D eigenvalue weighted by atomic mass is 79.9. The highest BCUT2D eigenvalue weighted by molar-refractivity contribution is 9.10. The summed E-state index contributed by atoms with van der Waals surface area (Å²) in [6, 6.07) is 12.7. The van der Waals surface area contributed by atoms with Crippen LogP contribution >= 0.6 is 50.9 Å². The first-order valence-corrected chi connectivity index (χ1v) is 8.31. The molecule has 0 aliphatic rings. The number of Topliss-reactive ketones (excluding diaryl/α,β-unsaturated/α-hetero) is 1. The number of rotatable bonds is 4. The van der Waals surface area contributed by atoms with Gasteiger partial charge in [-0.05, 0) is 37.3 Å². The van der Waals surface area contributed by atoms with Crippen molar-refractivity contribution >= 4 is 56.7 Å². The van der Waals surface area contributed by atoms with E-state index in [1.54, 1.807) is 12.1 Å². The molecule has 1 unspecified atom stereocenters. The highest BCUT2D eigenvalue weighted by Gasteiger charge is 2.16. The normalized spacial score (nSPS) is 12.2. The van der Waals surface area contributed by atoms with Crippen LogP contribution < -0.4 is 0 Å². The van der Waals surface area contributed by atoms with E-state index in [4.69, 9.17) is 23.2 Å². The molecule has 5 heteroatoms. The fourth-order valence-corrected chi connectivity index (χ4v) is 3.27. The van der Waals surface area contributed by atoms with E-state index in [0.29, 0.717) is 15.6 Å². The molecule has 0 saturated carbocycles. The molecule has 0 bridgehead atoms. The fraction of sp³-hybridized carbons (Fsp3) is 0.133. The molecule has 0 heterocycles. The molecule has 0 saturated heterocycles. The van der Waals surface area contributed by atoms with E-state index in [9.17, 15) is 4.79 Å². The van der Waals surface area contributed by atoms with E-state index in [1.165, 1.54) is 11.8 Å². The van der Waals surface area contributed by atoms with Crippen molar-refractivity contribution in [3.8, 4) is 0 Å². The lowest BCUT2D eigenvalue weighted by Crippen LogP contribution is -2.13. The quantitative estimate of drug-likeness (QED) is 0.462. The zero-order chi connectivity index (χ0) is 14.7. The van der Waals surface area contributed by atoms with Gasteiger partial charge in [-0.1, -0.05) is 51.3 Å².